The number of rotatable bonds is 11. The van der Waals surface area contributed by atoms with Crippen molar-refractivity contribution >= 4 is 12.0 Å². The zero-order chi connectivity index (χ0) is 23.1. The molecule has 0 spiro atoms. The number of aryl methyl sites for hydroxylation is 1. The van der Waals surface area contributed by atoms with E-state index in [9.17, 15) is 9.59 Å². The van der Waals surface area contributed by atoms with Gasteiger partial charge in [-0.2, -0.15) is 0 Å². The smallest absolute Gasteiger partial charge is 0.404 e. The predicted octanol–water partition coefficient (Wildman–Crippen LogP) is 1.35. The van der Waals surface area contributed by atoms with Gasteiger partial charge in [-0.3, -0.25) is 4.79 Å². The van der Waals surface area contributed by atoms with Crippen LogP contribution in [-0.4, -0.2) is 85.7 Å². The molecule has 2 aliphatic rings. The second-order valence-corrected chi connectivity index (χ2v) is 8.28. The molecule has 1 saturated heterocycles. The molecule has 0 aromatic carbocycles. The number of hydrogen-bond donors (Lipinski definition) is 3. The highest BCUT2D eigenvalue weighted by Gasteiger charge is 2.41. The van der Waals surface area contributed by atoms with Gasteiger partial charge < -0.3 is 34.9 Å². The van der Waals surface area contributed by atoms with Gasteiger partial charge in [0.15, 0.2) is 0 Å². The molecule has 1 aromatic rings. The molecule has 32 heavy (non-hydrogen) atoms. The highest BCUT2D eigenvalue weighted by atomic mass is 16.5. The van der Waals surface area contributed by atoms with Crippen LogP contribution in [0.5, 0.6) is 5.88 Å². The summed E-state index contributed by atoms with van der Waals surface area (Å²) in [5, 5.41) is 14.4. The summed E-state index contributed by atoms with van der Waals surface area (Å²) in [6.45, 7) is 3.95. The van der Waals surface area contributed by atoms with E-state index < -0.39 is 12.2 Å². The van der Waals surface area contributed by atoms with Crippen LogP contribution in [0.2, 0.25) is 0 Å². The number of morpholine rings is 1. The standard InChI is InChI=1S/C22H34N4O6/c1-14(15-9-16(25-20(10-15)31-3)5-4-8-24-22(28)29)26(17-6-7-17)21(27)19-12-23-11-18(32-19)13-30-2/h9-10,14,17-19,23-24H,4-8,11-13H2,1-3H3,(H,28,29)/t14-,18+,19-/m1/s1. The number of aromatic nitrogens is 1. The van der Waals surface area contributed by atoms with E-state index in [-0.39, 0.29) is 24.1 Å². The van der Waals surface area contributed by atoms with Crippen molar-refractivity contribution in [2.24, 2.45) is 0 Å². The van der Waals surface area contributed by atoms with Crippen LogP contribution in [0.25, 0.3) is 0 Å². The van der Waals surface area contributed by atoms with E-state index in [1.54, 1.807) is 14.2 Å². The molecule has 2 amide bonds. The molecule has 0 radical (unpaired) electrons. The highest BCUT2D eigenvalue weighted by Crippen LogP contribution is 2.36. The first kappa shape index (κ1) is 24.2. The molecule has 3 atom stereocenters. The van der Waals surface area contributed by atoms with Gasteiger partial charge in [0.2, 0.25) is 5.88 Å². The lowest BCUT2D eigenvalue weighted by Gasteiger charge is -2.36. The molecule has 2 heterocycles. The molecule has 0 unspecified atom stereocenters. The molecule has 10 nitrogen and oxygen atoms in total. The number of carbonyl (C=O) groups is 2. The maximum Gasteiger partial charge on any atom is 0.404 e. The third-order valence-electron chi connectivity index (χ3n) is 5.75. The molecule has 178 valence electrons. The first-order valence-corrected chi connectivity index (χ1v) is 11.1. The van der Waals surface area contributed by atoms with Crippen LogP contribution in [0.3, 0.4) is 0 Å². The van der Waals surface area contributed by atoms with Crippen molar-refractivity contribution < 1.29 is 28.9 Å². The minimum absolute atomic E-state index is 0.0173. The van der Waals surface area contributed by atoms with E-state index in [0.717, 1.165) is 24.1 Å². The van der Waals surface area contributed by atoms with Crippen LogP contribution in [0, 0.1) is 0 Å². The average molecular weight is 451 g/mol. The summed E-state index contributed by atoms with van der Waals surface area (Å²) in [5.41, 5.74) is 1.74. The van der Waals surface area contributed by atoms with E-state index >= 15 is 0 Å². The maximum absolute atomic E-state index is 13.5. The molecule has 0 bridgehead atoms. The summed E-state index contributed by atoms with van der Waals surface area (Å²) in [6.07, 6.45) is 1.45. The number of pyridine rings is 1. The Morgan fingerprint density at radius 2 is 2.12 bits per heavy atom. The minimum Gasteiger partial charge on any atom is -0.481 e. The zero-order valence-corrected chi connectivity index (χ0v) is 19.0. The van der Waals surface area contributed by atoms with Gasteiger partial charge in [0.1, 0.15) is 6.10 Å². The normalized spacial score (nSPS) is 21.6. The fraction of sp³-hybridized carbons (Fsp3) is 0.682. The van der Waals surface area contributed by atoms with Crippen molar-refractivity contribution in [3.63, 3.8) is 0 Å². The Kier molecular flexibility index (Phi) is 8.66. The van der Waals surface area contributed by atoms with Crippen molar-refractivity contribution in [1.29, 1.82) is 0 Å². The van der Waals surface area contributed by atoms with Crippen LogP contribution < -0.4 is 15.4 Å². The third-order valence-corrected chi connectivity index (χ3v) is 5.75. The predicted molar refractivity (Wildman–Crippen MR) is 117 cm³/mol. The zero-order valence-electron chi connectivity index (χ0n) is 19.0. The van der Waals surface area contributed by atoms with Crippen LogP contribution >= 0.6 is 0 Å². The summed E-state index contributed by atoms with van der Waals surface area (Å²) < 4.78 is 16.6. The number of carboxylic acid groups (broad SMARTS) is 1. The van der Waals surface area contributed by atoms with Crippen molar-refractivity contribution in [2.75, 3.05) is 40.5 Å². The molecule has 2 fully saturated rings. The van der Waals surface area contributed by atoms with E-state index in [1.165, 1.54) is 0 Å². The molecular formula is C22H34N4O6. The number of ether oxygens (including phenoxy) is 3. The van der Waals surface area contributed by atoms with Gasteiger partial charge in [-0.15, -0.1) is 0 Å². The Morgan fingerprint density at radius 3 is 2.78 bits per heavy atom. The molecule has 1 saturated carbocycles. The first-order valence-electron chi connectivity index (χ1n) is 11.1. The Labute approximate surface area is 188 Å². The lowest BCUT2D eigenvalue weighted by atomic mass is 10.0. The average Bonchev–Trinajstić information content (AvgIpc) is 3.62. The summed E-state index contributed by atoms with van der Waals surface area (Å²) in [7, 11) is 3.19. The Hall–Kier alpha value is -2.43. The number of amides is 2. The first-order chi connectivity index (χ1) is 15.4. The minimum atomic E-state index is -1.04. The van der Waals surface area contributed by atoms with E-state index in [1.807, 2.05) is 24.0 Å². The van der Waals surface area contributed by atoms with Crippen molar-refractivity contribution in [3.05, 3.63) is 23.4 Å². The van der Waals surface area contributed by atoms with Gasteiger partial charge in [-0.25, -0.2) is 9.78 Å². The van der Waals surface area contributed by atoms with Gasteiger partial charge in [0.05, 0.1) is 25.9 Å². The van der Waals surface area contributed by atoms with Gasteiger partial charge in [0.25, 0.3) is 5.91 Å². The van der Waals surface area contributed by atoms with Crippen molar-refractivity contribution in [2.45, 2.75) is 56.9 Å². The molecule has 1 aliphatic heterocycles. The van der Waals surface area contributed by atoms with Crippen LogP contribution in [-0.2, 0) is 20.7 Å². The van der Waals surface area contributed by atoms with Gasteiger partial charge >= 0.3 is 6.09 Å². The van der Waals surface area contributed by atoms with Gasteiger partial charge in [-0.05, 0) is 44.2 Å². The van der Waals surface area contributed by atoms with Crippen molar-refractivity contribution in [1.82, 2.24) is 20.5 Å². The van der Waals surface area contributed by atoms with Crippen LogP contribution in [0.4, 0.5) is 4.79 Å². The number of hydrogen-bond acceptors (Lipinski definition) is 7. The molecular weight excluding hydrogens is 416 g/mol. The molecule has 10 heteroatoms. The Balaban J connectivity index is 1.73. The topological polar surface area (TPSA) is 122 Å². The molecule has 1 aliphatic carbocycles. The number of carbonyl (C=O) groups excluding carboxylic acids is 1. The molecule has 3 N–H and O–H groups in total. The summed E-state index contributed by atoms with van der Waals surface area (Å²) >= 11 is 0. The SMILES string of the molecule is COC[C@@H]1CNC[C@H](C(=O)N(C2CC2)[C@H](C)c2cc(CCCNC(=O)O)nc(OC)c2)O1. The summed E-state index contributed by atoms with van der Waals surface area (Å²) in [6, 6.07) is 3.87. The van der Waals surface area contributed by atoms with Gasteiger partial charge in [0, 0.05) is 44.5 Å². The largest absolute Gasteiger partial charge is 0.481 e. The quantitative estimate of drug-likeness (QED) is 0.432. The van der Waals surface area contributed by atoms with Crippen LogP contribution in [0.15, 0.2) is 12.1 Å². The number of methoxy groups -OCH3 is 2. The van der Waals surface area contributed by atoms with E-state index in [4.69, 9.17) is 19.3 Å². The fourth-order valence-electron chi connectivity index (χ4n) is 4.02. The lowest BCUT2D eigenvalue weighted by Crippen LogP contribution is -2.54. The monoisotopic (exact) mass is 450 g/mol. The number of nitrogens with one attached hydrogen (secondary N) is 2. The second-order valence-electron chi connectivity index (χ2n) is 8.28. The Bertz CT molecular complexity index is 786. The van der Waals surface area contributed by atoms with Gasteiger partial charge in [-0.1, -0.05) is 0 Å². The fourth-order valence-corrected chi connectivity index (χ4v) is 4.02. The highest BCUT2D eigenvalue weighted by molar-refractivity contribution is 5.82. The lowest BCUT2D eigenvalue weighted by molar-refractivity contribution is -0.156. The van der Waals surface area contributed by atoms with Crippen LogP contribution in [0.1, 0.15) is 43.5 Å². The molecule has 3 rings (SSSR count). The third kappa shape index (κ3) is 6.54. The van der Waals surface area contributed by atoms with Crippen molar-refractivity contribution in [3.8, 4) is 5.88 Å². The maximum atomic E-state index is 13.5. The Morgan fingerprint density at radius 1 is 1.34 bits per heavy atom. The summed E-state index contributed by atoms with van der Waals surface area (Å²) in [4.78, 5) is 30.5. The number of nitrogens with zero attached hydrogens (tertiary/aromatic N) is 2. The summed E-state index contributed by atoms with van der Waals surface area (Å²) in [5.74, 6) is 0.464. The van der Waals surface area contributed by atoms with E-state index in [0.29, 0.717) is 45.0 Å². The second kappa shape index (κ2) is 11.4. The molecule has 1 aromatic heterocycles. The van der Waals surface area contributed by atoms with E-state index in [2.05, 4.69) is 15.6 Å².